The number of nitrogens with zero attached hydrogens (tertiary/aromatic N) is 1. The summed E-state index contributed by atoms with van der Waals surface area (Å²) in [7, 11) is 0. The van der Waals surface area contributed by atoms with E-state index in [-0.39, 0.29) is 13.0 Å². The average molecular weight is 294 g/mol. The summed E-state index contributed by atoms with van der Waals surface area (Å²) < 4.78 is 37.6. The predicted octanol–water partition coefficient (Wildman–Crippen LogP) is 3.23. The summed E-state index contributed by atoms with van der Waals surface area (Å²) >= 11 is 0. The van der Waals surface area contributed by atoms with E-state index in [9.17, 15) is 18.0 Å². The molecule has 0 atom stereocenters. The van der Waals surface area contributed by atoms with Gasteiger partial charge in [-0.05, 0) is 19.3 Å². The van der Waals surface area contributed by atoms with Crippen molar-refractivity contribution in [2.45, 2.75) is 70.0 Å². The first-order valence-corrected chi connectivity index (χ1v) is 7.39. The van der Waals surface area contributed by atoms with Crippen molar-refractivity contribution < 1.29 is 18.0 Å². The average Bonchev–Trinajstić information content (AvgIpc) is 2.33. The highest BCUT2D eigenvalue weighted by atomic mass is 19.4. The molecule has 0 radical (unpaired) electrons. The Morgan fingerprint density at radius 2 is 1.85 bits per heavy atom. The number of unbranched alkanes of at least 4 members (excludes halogenated alkanes) is 1. The molecule has 0 unspecified atom stereocenters. The second-order valence-electron chi connectivity index (χ2n) is 5.88. The molecule has 0 heterocycles. The van der Waals surface area contributed by atoms with Crippen molar-refractivity contribution >= 4 is 5.91 Å². The SMILES string of the molecule is CCCCN(CC(F)(F)F)C(=O)CC1(N)CCCCC1. The Kier molecular flexibility index (Phi) is 6.30. The van der Waals surface area contributed by atoms with Crippen molar-refractivity contribution in [1.82, 2.24) is 4.90 Å². The fourth-order valence-corrected chi connectivity index (χ4v) is 2.70. The Morgan fingerprint density at radius 3 is 2.35 bits per heavy atom. The molecule has 2 N–H and O–H groups in total. The van der Waals surface area contributed by atoms with Crippen LogP contribution in [0.3, 0.4) is 0 Å². The Labute approximate surface area is 118 Å². The molecule has 1 aliphatic carbocycles. The van der Waals surface area contributed by atoms with Gasteiger partial charge < -0.3 is 10.6 Å². The van der Waals surface area contributed by atoms with Crippen LogP contribution in [-0.4, -0.2) is 35.6 Å². The minimum atomic E-state index is -4.35. The van der Waals surface area contributed by atoms with E-state index in [1.165, 1.54) is 0 Å². The number of rotatable bonds is 6. The van der Waals surface area contributed by atoms with E-state index >= 15 is 0 Å². The predicted molar refractivity (Wildman–Crippen MR) is 72.2 cm³/mol. The number of nitrogens with two attached hydrogens (primary N) is 1. The minimum Gasteiger partial charge on any atom is -0.334 e. The van der Waals surface area contributed by atoms with Gasteiger partial charge in [0.15, 0.2) is 0 Å². The lowest BCUT2D eigenvalue weighted by Crippen LogP contribution is -2.48. The van der Waals surface area contributed by atoms with Crippen LogP contribution in [0.2, 0.25) is 0 Å². The monoisotopic (exact) mass is 294 g/mol. The summed E-state index contributed by atoms with van der Waals surface area (Å²) in [6.07, 6.45) is 1.49. The second-order valence-corrected chi connectivity index (χ2v) is 5.88. The maximum Gasteiger partial charge on any atom is 0.406 e. The molecule has 6 heteroatoms. The van der Waals surface area contributed by atoms with Crippen LogP contribution in [0.5, 0.6) is 0 Å². The van der Waals surface area contributed by atoms with Gasteiger partial charge in [0, 0.05) is 18.5 Å². The van der Waals surface area contributed by atoms with E-state index in [0.717, 1.165) is 43.4 Å². The number of halogens is 3. The van der Waals surface area contributed by atoms with Crippen molar-refractivity contribution in [2.75, 3.05) is 13.1 Å². The highest BCUT2D eigenvalue weighted by Crippen LogP contribution is 2.29. The first kappa shape index (κ1) is 17.3. The van der Waals surface area contributed by atoms with Gasteiger partial charge in [0.1, 0.15) is 6.54 Å². The van der Waals surface area contributed by atoms with Crippen molar-refractivity contribution in [3.05, 3.63) is 0 Å². The highest BCUT2D eigenvalue weighted by molar-refractivity contribution is 5.77. The van der Waals surface area contributed by atoms with Crippen LogP contribution in [0.15, 0.2) is 0 Å². The lowest BCUT2D eigenvalue weighted by Gasteiger charge is -2.35. The van der Waals surface area contributed by atoms with Gasteiger partial charge in [-0.1, -0.05) is 32.6 Å². The van der Waals surface area contributed by atoms with Gasteiger partial charge >= 0.3 is 6.18 Å². The summed E-state index contributed by atoms with van der Waals surface area (Å²) in [5, 5.41) is 0. The smallest absolute Gasteiger partial charge is 0.334 e. The maximum atomic E-state index is 12.5. The zero-order valence-corrected chi connectivity index (χ0v) is 12.1. The number of hydrogen-bond acceptors (Lipinski definition) is 2. The lowest BCUT2D eigenvalue weighted by atomic mass is 9.80. The number of alkyl halides is 3. The number of carbonyl (C=O) groups is 1. The molecule has 0 aromatic rings. The summed E-state index contributed by atoms with van der Waals surface area (Å²) in [5.41, 5.74) is 5.56. The fraction of sp³-hybridized carbons (Fsp3) is 0.929. The summed E-state index contributed by atoms with van der Waals surface area (Å²) in [4.78, 5) is 13.1. The van der Waals surface area contributed by atoms with Crippen LogP contribution in [0.25, 0.3) is 0 Å². The molecular formula is C14H25F3N2O. The van der Waals surface area contributed by atoms with Crippen LogP contribution >= 0.6 is 0 Å². The highest BCUT2D eigenvalue weighted by Gasteiger charge is 2.36. The molecule has 1 saturated carbocycles. The van der Waals surface area contributed by atoms with Crippen LogP contribution in [-0.2, 0) is 4.79 Å². The Morgan fingerprint density at radius 1 is 1.25 bits per heavy atom. The Bertz CT molecular complexity index is 312. The van der Waals surface area contributed by atoms with Crippen molar-refractivity contribution in [1.29, 1.82) is 0 Å². The fourth-order valence-electron chi connectivity index (χ4n) is 2.70. The van der Waals surface area contributed by atoms with Gasteiger partial charge in [-0.3, -0.25) is 4.79 Å². The molecule has 0 spiro atoms. The zero-order chi connectivity index (χ0) is 15.2. The van der Waals surface area contributed by atoms with E-state index < -0.39 is 24.2 Å². The molecule has 118 valence electrons. The molecule has 0 bridgehead atoms. The molecule has 20 heavy (non-hydrogen) atoms. The quantitative estimate of drug-likeness (QED) is 0.817. The third-order valence-electron chi connectivity index (χ3n) is 3.86. The van der Waals surface area contributed by atoms with Crippen molar-refractivity contribution in [2.24, 2.45) is 5.73 Å². The molecular weight excluding hydrogens is 269 g/mol. The van der Waals surface area contributed by atoms with E-state index in [4.69, 9.17) is 5.73 Å². The van der Waals surface area contributed by atoms with Gasteiger partial charge in [0.2, 0.25) is 5.91 Å². The Hall–Kier alpha value is -0.780. The van der Waals surface area contributed by atoms with Gasteiger partial charge in [0.25, 0.3) is 0 Å². The number of hydrogen-bond donors (Lipinski definition) is 1. The lowest BCUT2D eigenvalue weighted by molar-refractivity contribution is -0.162. The molecule has 0 aromatic heterocycles. The topological polar surface area (TPSA) is 46.3 Å². The second kappa shape index (κ2) is 7.29. The van der Waals surface area contributed by atoms with Gasteiger partial charge in [0.05, 0.1) is 0 Å². The van der Waals surface area contributed by atoms with Gasteiger partial charge in [-0.15, -0.1) is 0 Å². The minimum absolute atomic E-state index is 0.0345. The maximum absolute atomic E-state index is 12.5. The number of amides is 1. The number of carbonyl (C=O) groups excluding carboxylic acids is 1. The van der Waals surface area contributed by atoms with Gasteiger partial charge in [-0.2, -0.15) is 13.2 Å². The van der Waals surface area contributed by atoms with E-state index in [2.05, 4.69) is 0 Å². The Balaban J connectivity index is 2.61. The first-order chi connectivity index (χ1) is 9.26. The van der Waals surface area contributed by atoms with Gasteiger partial charge in [-0.25, -0.2) is 0 Å². The molecule has 1 rings (SSSR count). The molecule has 1 fully saturated rings. The summed E-state index contributed by atoms with van der Waals surface area (Å²) in [5.74, 6) is -0.458. The van der Waals surface area contributed by atoms with Crippen LogP contribution in [0.4, 0.5) is 13.2 Å². The summed E-state index contributed by atoms with van der Waals surface area (Å²) in [6, 6.07) is 0. The van der Waals surface area contributed by atoms with Crippen LogP contribution < -0.4 is 5.73 Å². The molecule has 1 aliphatic rings. The first-order valence-electron chi connectivity index (χ1n) is 7.39. The van der Waals surface area contributed by atoms with Crippen molar-refractivity contribution in [3.8, 4) is 0 Å². The molecule has 0 aromatic carbocycles. The van der Waals surface area contributed by atoms with Crippen LogP contribution in [0.1, 0.15) is 58.3 Å². The third kappa shape index (κ3) is 6.11. The molecule has 0 saturated heterocycles. The zero-order valence-electron chi connectivity index (χ0n) is 12.1. The van der Waals surface area contributed by atoms with E-state index in [0.29, 0.717) is 6.42 Å². The largest absolute Gasteiger partial charge is 0.406 e. The van der Waals surface area contributed by atoms with Crippen molar-refractivity contribution in [3.63, 3.8) is 0 Å². The normalized spacial score (nSPS) is 18.9. The van der Waals surface area contributed by atoms with E-state index in [1.54, 1.807) is 0 Å². The summed E-state index contributed by atoms with van der Waals surface area (Å²) in [6.45, 7) is 0.884. The molecule has 1 amide bonds. The standard InChI is InChI=1S/C14H25F3N2O/c1-2-3-9-19(11-14(15,16)17)12(20)10-13(18)7-5-4-6-8-13/h2-11,18H2,1H3. The van der Waals surface area contributed by atoms with E-state index in [1.807, 2.05) is 6.92 Å². The van der Waals surface area contributed by atoms with Crippen LogP contribution in [0, 0.1) is 0 Å². The third-order valence-corrected chi connectivity index (χ3v) is 3.86. The molecule has 3 nitrogen and oxygen atoms in total. The molecule has 0 aliphatic heterocycles.